The largest absolute Gasteiger partial charge is 0.496 e. The summed E-state index contributed by atoms with van der Waals surface area (Å²) in [4.78, 5) is 4.41. The van der Waals surface area contributed by atoms with Crippen LogP contribution in [-0.2, 0) is 12.8 Å². The van der Waals surface area contributed by atoms with Crippen LogP contribution < -0.4 is 14.8 Å². The SMILES string of the molecule is CCc1cc(OC)c(CC2=NCCN2)cc1OC. The molecule has 1 N–H and O–H groups in total. The highest BCUT2D eigenvalue weighted by molar-refractivity contribution is 5.86. The molecule has 4 heteroatoms. The van der Waals surface area contributed by atoms with E-state index in [1.807, 2.05) is 0 Å². The van der Waals surface area contributed by atoms with Crippen LogP contribution in [-0.4, -0.2) is 33.1 Å². The van der Waals surface area contributed by atoms with Crippen molar-refractivity contribution in [3.05, 3.63) is 23.3 Å². The molecule has 0 aliphatic carbocycles. The number of ether oxygens (including phenoxy) is 2. The van der Waals surface area contributed by atoms with E-state index in [9.17, 15) is 0 Å². The van der Waals surface area contributed by atoms with Gasteiger partial charge in [-0.05, 0) is 24.1 Å². The Morgan fingerprint density at radius 3 is 2.39 bits per heavy atom. The lowest BCUT2D eigenvalue weighted by molar-refractivity contribution is 0.396. The summed E-state index contributed by atoms with van der Waals surface area (Å²) in [6.07, 6.45) is 1.70. The third kappa shape index (κ3) is 2.58. The maximum atomic E-state index is 5.46. The summed E-state index contributed by atoms with van der Waals surface area (Å²) in [7, 11) is 3.41. The number of nitrogens with one attached hydrogen (secondary N) is 1. The van der Waals surface area contributed by atoms with E-state index in [0.717, 1.165) is 48.8 Å². The molecular formula is C14H20N2O2. The van der Waals surface area contributed by atoms with Crippen molar-refractivity contribution in [2.24, 2.45) is 4.99 Å². The minimum absolute atomic E-state index is 0.767. The predicted octanol–water partition coefficient (Wildman–Crippen LogP) is 1.81. The Morgan fingerprint density at radius 1 is 1.17 bits per heavy atom. The van der Waals surface area contributed by atoms with Gasteiger partial charge in [-0.2, -0.15) is 0 Å². The van der Waals surface area contributed by atoms with E-state index < -0.39 is 0 Å². The van der Waals surface area contributed by atoms with E-state index in [4.69, 9.17) is 9.47 Å². The van der Waals surface area contributed by atoms with Crippen LogP contribution in [0, 0.1) is 0 Å². The third-order valence-electron chi connectivity index (χ3n) is 3.17. The molecule has 1 aliphatic rings. The first kappa shape index (κ1) is 12.7. The minimum Gasteiger partial charge on any atom is -0.496 e. The molecule has 4 nitrogen and oxygen atoms in total. The van der Waals surface area contributed by atoms with Gasteiger partial charge in [0.25, 0.3) is 0 Å². The summed E-state index contributed by atoms with van der Waals surface area (Å²) in [5.41, 5.74) is 2.28. The second-order valence-electron chi connectivity index (χ2n) is 4.26. The van der Waals surface area contributed by atoms with Crippen LogP contribution >= 0.6 is 0 Å². The zero-order valence-corrected chi connectivity index (χ0v) is 11.2. The summed E-state index contributed by atoms with van der Waals surface area (Å²) in [6.45, 7) is 3.91. The Bertz CT molecular complexity index is 455. The summed E-state index contributed by atoms with van der Waals surface area (Å²) >= 11 is 0. The van der Waals surface area contributed by atoms with Crippen molar-refractivity contribution in [2.45, 2.75) is 19.8 Å². The first-order valence-electron chi connectivity index (χ1n) is 6.29. The molecule has 0 bridgehead atoms. The van der Waals surface area contributed by atoms with Crippen LogP contribution in [0.25, 0.3) is 0 Å². The fourth-order valence-corrected chi connectivity index (χ4v) is 2.18. The highest BCUT2D eigenvalue weighted by Crippen LogP contribution is 2.29. The number of amidine groups is 1. The van der Waals surface area contributed by atoms with Gasteiger partial charge in [-0.3, -0.25) is 4.99 Å². The highest BCUT2D eigenvalue weighted by atomic mass is 16.5. The van der Waals surface area contributed by atoms with Crippen molar-refractivity contribution in [2.75, 3.05) is 27.3 Å². The molecule has 0 atom stereocenters. The van der Waals surface area contributed by atoms with E-state index in [1.165, 1.54) is 5.56 Å². The predicted molar refractivity (Wildman–Crippen MR) is 72.9 cm³/mol. The molecule has 0 aromatic heterocycles. The Morgan fingerprint density at radius 2 is 1.83 bits per heavy atom. The number of benzene rings is 1. The van der Waals surface area contributed by atoms with Gasteiger partial charge in [-0.1, -0.05) is 6.92 Å². The third-order valence-corrected chi connectivity index (χ3v) is 3.17. The minimum atomic E-state index is 0.767. The zero-order chi connectivity index (χ0) is 13.0. The fraction of sp³-hybridized carbons (Fsp3) is 0.500. The monoisotopic (exact) mass is 248 g/mol. The van der Waals surface area contributed by atoms with Gasteiger partial charge >= 0.3 is 0 Å². The molecule has 98 valence electrons. The van der Waals surface area contributed by atoms with Gasteiger partial charge in [0.1, 0.15) is 17.3 Å². The average Bonchev–Trinajstić information content (AvgIpc) is 2.91. The van der Waals surface area contributed by atoms with Crippen molar-refractivity contribution in [3.63, 3.8) is 0 Å². The van der Waals surface area contributed by atoms with Crippen molar-refractivity contribution >= 4 is 5.84 Å². The average molecular weight is 248 g/mol. The number of rotatable bonds is 5. The standard InChI is InChI=1S/C14H20N2O2/c1-4-10-7-13(18-3)11(8-12(10)17-2)9-14-15-5-6-16-14/h7-8H,4-6,9H2,1-3H3,(H,15,16). The zero-order valence-electron chi connectivity index (χ0n) is 11.2. The Kier molecular flexibility index (Phi) is 4.07. The quantitative estimate of drug-likeness (QED) is 0.864. The van der Waals surface area contributed by atoms with Crippen LogP contribution in [0.1, 0.15) is 18.1 Å². The topological polar surface area (TPSA) is 42.8 Å². The van der Waals surface area contributed by atoms with E-state index in [1.54, 1.807) is 14.2 Å². The van der Waals surface area contributed by atoms with Crippen molar-refractivity contribution in [3.8, 4) is 11.5 Å². The summed E-state index contributed by atoms with van der Waals surface area (Å²) < 4.78 is 10.9. The maximum Gasteiger partial charge on any atom is 0.123 e. The van der Waals surface area contributed by atoms with Crippen LogP contribution in [0.2, 0.25) is 0 Å². The molecule has 0 spiro atoms. The van der Waals surface area contributed by atoms with Gasteiger partial charge in [-0.15, -0.1) is 0 Å². The smallest absolute Gasteiger partial charge is 0.123 e. The number of nitrogens with zero attached hydrogens (tertiary/aromatic N) is 1. The summed E-state index contributed by atoms with van der Waals surface area (Å²) in [6, 6.07) is 4.11. The lowest BCUT2D eigenvalue weighted by Crippen LogP contribution is -2.20. The van der Waals surface area contributed by atoms with Crippen molar-refractivity contribution < 1.29 is 9.47 Å². The van der Waals surface area contributed by atoms with Gasteiger partial charge in [0.2, 0.25) is 0 Å². The van der Waals surface area contributed by atoms with Gasteiger partial charge in [-0.25, -0.2) is 0 Å². The summed E-state index contributed by atoms with van der Waals surface area (Å²) in [5, 5.41) is 3.28. The maximum absolute atomic E-state index is 5.46. The molecule has 1 aromatic rings. The fourth-order valence-electron chi connectivity index (χ4n) is 2.18. The molecule has 0 unspecified atom stereocenters. The molecule has 1 heterocycles. The number of aliphatic imine (C=N–C) groups is 1. The number of aryl methyl sites for hydroxylation is 1. The van der Waals surface area contributed by atoms with Gasteiger partial charge in [0, 0.05) is 18.5 Å². The molecule has 0 amide bonds. The van der Waals surface area contributed by atoms with Crippen LogP contribution in [0.3, 0.4) is 0 Å². The molecule has 1 aromatic carbocycles. The molecule has 0 radical (unpaired) electrons. The first-order valence-corrected chi connectivity index (χ1v) is 6.29. The van der Waals surface area contributed by atoms with Crippen molar-refractivity contribution in [1.29, 1.82) is 0 Å². The van der Waals surface area contributed by atoms with Crippen LogP contribution in [0.15, 0.2) is 17.1 Å². The first-order chi connectivity index (χ1) is 8.78. The van der Waals surface area contributed by atoms with Gasteiger partial charge < -0.3 is 14.8 Å². The van der Waals surface area contributed by atoms with E-state index >= 15 is 0 Å². The normalized spacial score (nSPS) is 14.1. The van der Waals surface area contributed by atoms with Crippen molar-refractivity contribution in [1.82, 2.24) is 5.32 Å². The van der Waals surface area contributed by atoms with E-state index in [2.05, 4.69) is 29.4 Å². The molecule has 1 aliphatic heterocycles. The molecule has 2 rings (SSSR count). The molecule has 18 heavy (non-hydrogen) atoms. The lowest BCUT2D eigenvalue weighted by Gasteiger charge is -2.14. The summed E-state index contributed by atoms with van der Waals surface area (Å²) in [5.74, 6) is 2.86. The van der Waals surface area contributed by atoms with Gasteiger partial charge in [0.05, 0.1) is 20.8 Å². The number of hydrogen-bond donors (Lipinski definition) is 1. The second kappa shape index (κ2) is 5.76. The Labute approximate surface area is 108 Å². The molecule has 0 fully saturated rings. The number of methoxy groups -OCH3 is 2. The molecular weight excluding hydrogens is 228 g/mol. The molecule has 0 saturated carbocycles. The van der Waals surface area contributed by atoms with Crippen LogP contribution in [0.4, 0.5) is 0 Å². The lowest BCUT2D eigenvalue weighted by atomic mass is 10.0. The van der Waals surface area contributed by atoms with E-state index in [-0.39, 0.29) is 0 Å². The highest BCUT2D eigenvalue weighted by Gasteiger charge is 2.13. The van der Waals surface area contributed by atoms with Gasteiger partial charge in [0.15, 0.2) is 0 Å². The van der Waals surface area contributed by atoms with Crippen LogP contribution in [0.5, 0.6) is 11.5 Å². The number of hydrogen-bond acceptors (Lipinski definition) is 4. The van der Waals surface area contributed by atoms with E-state index in [0.29, 0.717) is 0 Å². The Hall–Kier alpha value is -1.71. The molecule has 0 saturated heterocycles. The second-order valence-corrected chi connectivity index (χ2v) is 4.26. The Balaban J connectivity index is 2.32.